The Balaban J connectivity index is 1.53. The molecule has 0 saturated heterocycles. The number of hydrogen-bond donors (Lipinski definition) is 2. The summed E-state index contributed by atoms with van der Waals surface area (Å²) < 4.78 is 39.2. The molecule has 3 aromatic carbocycles. The minimum absolute atomic E-state index is 0.0150. The van der Waals surface area contributed by atoms with Gasteiger partial charge in [-0.15, -0.1) is 0 Å². The van der Waals surface area contributed by atoms with Crippen LogP contribution in [-0.4, -0.2) is 30.6 Å². The first kappa shape index (κ1) is 20.4. The van der Waals surface area contributed by atoms with E-state index in [2.05, 4.69) is 15.5 Å². The molecular weight excluding hydrogens is 429 g/mol. The van der Waals surface area contributed by atoms with Crippen LogP contribution in [0.25, 0.3) is 22.0 Å². The van der Waals surface area contributed by atoms with Crippen molar-refractivity contribution in [2.75, 3.05) is 0 Å². The molecule has 1 saturated carbocycles. The first-order valence-electron chi connectivity index (χ1n) is 10.2. The van der Waals surface area contributed by atoms with Crippen LogP contribution in [-0.2, 0) is 9.84 Å². The van der Waals surface area contributed by atoms with Gasteiger partial charge in [0.2, 0.25) is 9.84 Å². The Labute approximate surface area is 184 Å². The molecule has 32 heavy (non-hydrogen) atoms. The number of carbonyl (C=O) groups is 1. The van der Waals surface area contributed by atoms with Gasteiger partial charge in [-0.25, -0.2) is 12.8 Å². The number of rotatable bonds is 5. The Morgan fingerprint density at radius 2 is 1.81 bits per heavy atom. The highest BCUT2D eigenvalue weighted by Crippen LogP contribution is 2.31. The molecule has 0 atom stereocenters. The van der Waals surface area contributed by atoms with E-state index in [1.54, 1.807) is 18.2 Å². The zero-order valence-corrected chi connectivity index (χ0v) is 18.0. The van der Waals surface area contributed by atoms with E-state index in [1.807, 2.05) is 25.1 Å². The molecule has 0 radical (unpaired) electrons. The standard InChI is InChI=1S/C24H20FN3O3S/c1-14-2-3-16(23(29)26-18-7-8-18)12-21(14)15-4-11-20-22(13-15)27-28-24(20)32(30,31)19-9-5-17(25)6-10-19/h2-6,9-13,18H,7-8H2,1H3,(H,26,29)(H,27,28). The number of benzene rings is 3. The van der Waals surface area contributed by atoms with Gasteiger partial charge in [0.25, 0.3) is 5.91 Å². The predicted molar refractivity (Wildman–Crippen MR) is 119 cm³/mol. The first-order valence-corrected chi connectivity index (χ1v) is 11.7. The summed E-state index contributed by atoms with van der Waals surface area (Å²) in [6.07, 6.45) is 2.03. The van der Waals surface area contributed by atoms with Gasteiger partial charge in [0.1, 0.15) is 5.82 Å². The van der Waals surface area contributed by atoms with E-state index in [4.69, 9.17) is 0 Å². The van der Waals surface area contributed by atoms with Crippen molar-refractivity contribution in [2.24, 2.45) is 0 Å². The number of H-pyrrole nitrogens is 1. The second kappa shape index (κ2) is 7.56. The lowest BCUT2D eigenvalue weighted by Gasteiger charge is -2.10. The van der Waals surface area contributed by atoms with Gasteiger partial charge in [-0.2, -0.15) is 5.10 Å². The monoisotopic (exact) mass is 449 g/mol. The molecule has 2 N–H and O–H groups in total. The Bertz CT molecular complexity index is 1460. The summed E-state index contributed by atoms with van der Waals surface area (Å²) in [4.78, 5) is 12.4. The lowest BCUT2D eigenvalue weighted by molar-refractivity contribution is 0.0951. The largest absolute Gasteiger partial charge is 0.349 e. The molecule has 5 rings (SSSR count). The fraction of sp³-hybridized carbons (Fsp3) is 0.167. The van der Waals surface area contributed by atoms with Gasteiger partial charge in [-0.3, -0.25) is 9.89 Å². The highest BCUT2D eigenvalue weighted by atomic mass is 32.2. The minimum atomic E-state index is -3.89. The summed E-state index contributed by atoms with van der Waals surface area (Å²) in [7, 11) is -3.89. The zero-order valence-electron chi connectivity index (χ0n) is 17.2. The summed E-state index contributed by atoms with van der Waals surface area (Å²) in [5.74, 6) is -0.603. The summed E-state index contributed by atoms with van der Waals surface area (Å²) in [5, 5.41) is 10.2. The van der Waals surface area contributed by atoms with E-state index in [0.29, 0.717) is 16.5 Å². The topological polar surface area (TPSA) is 91.9 Å². The number of aryl methyl sites for hydroxylation is 1. The quantitative estimate of drug-likeness (QED) is 0.442. The number of fused-ring (bicyclic) bond motifs is 1. The number of halogens is 1. The number of carbonyl (C=O) groups excluding carboxylic acids is 1. The average Bonchev–Trinajstić information content (AvgIpc) is 3.48. The van der Waals surface area contributed by atoms with Gasteiger partial charge in [0, 0.05) is 17.0 Å². The van der Waals surface area contributed by atoms with Crippen molar-refractivity contribution in [3.05, 3.63) is 77.6 Å². The normalized spacial score (nSPS) is 13.9. The average molecular weight is 450 g/mol. The van der Waals surface area contributed by atoms with Crippen molar-refractivity contribution in [1.29, 1.82) is 0 Å². The fourth-order valence-electron chi connectivity index (χ4n) is 3.66. The van der Waals surface area contributed by atoms with E-state index in [0.717, 1.165) is 41.7 Å². The molecule has 1 amide bonds. The van der Waals surface area contributed by atoms with Crippen molar-refractivity contribution in [2.45, 2.75) is 35.7 Å². The maximum atomic E-state index is 13.2. The van der Waals surface area contributed by atoms with E-state index >= 15 is 0 Å². The maximum Gasteiger partial charge on any atom is 0.251 e. The number of nitrogens with one attached hydrogen (secondary N) is 2. The SMILES string of the molecule is Cc1ccc(C(=O)NC2CC2)cc1-c1ccc2c(S(=O)(=O)c3ccc(F)cc3)[nH]nc2c1. The maximum absolute atomic E-state index is 13.2. The molecule has 0 aliphatic heterocycles. The van der Waals surface area contributed by atoms with Gasteiger partial charge in [-0.05, 0) is 85.0 Å². The van der Waals surface area contributed by atoms with Crippen molar-refractivity contribution in [1.82, 2.24) is 15.5 Å². The highest BCUT2D eigenvalue weighted by Gasteiger charge is 2.25. The lowest BCUT2D eigenvalue weighted by atomic mass is 9.97. The Hall–Kier alpha value is -3.52. The van der Waals surface area contributed by atoms with Gasteiger partial charge < -0.3 is 5.32 Å². The molecule has 0 bridgehead atoms. The number of amides is 1. The third-order valence-electron chi connectivity index (χ3n) is 5.64. The molecule has 162 valence electrons. The number of nitrogens with zero attached hydrogens (tertiary/aromatic N) is 1. The molecule has 1 aromatic heterocycles. The van der Waals surface area contributed by atoms with Crippen LogP contribution in [0.4, 0.5) is 4.39 Å². The molecule has 0 unspecified atom stereocenters. The van der Waals surface area contributed by atoms with Crippen LogP contribution >= 0.6 is 0 Å². The summed E-state index contributed by atoms with van der Waals surface area (Å²) in [6.45, 7) is 1.96. The van der Waals surface area contributed by atoms with Crippen molar-refractivity contribution >= 4 is 26.6 Å². The fourth-order valence-corrected chi connectivity index (χ4v) is 5.02. The molecule has 1 fully saturated rings. The van der Waals surface area contributed by atoms with E-state index in [1.165, 1.54) is 12.1 Å². The third kappa shape index (κ3) is 3.67. The van der Waals surface area contributed by atoms with Gasteiger partial charge >= 0.3 is 0 Å². The Morgan fingerprint density at radius 1 is 1.06 bits per heavy atom. The van der Waals surface area contributed by atoms with E-state index in [-0.39, 0.29) is 21.9 Å². The van der Waals surface area contributed by atoms with Gasteiger partial charge in [-0.1, -0.05) is 12.1 Å². The Kier molecular flexibility index (Phi) is 4.82. The lowest BCUT2D eigenvalue weighted by Crippen LogP contribution is -2.25. The molecule has 8 heteroatoms. The van der Waals surface area contributed by atoms with Crippen LogP contribution < -0.4 is 5.32 Å². The van der Waals surface area contributed by atoms with E-state index in [9.17, 15) is 17.6 Å². The number of aromatic amines is 1. The predicted octanol–water partition coefficient (Wildman–Crippen LogP) is 4.40. The zero-order chi connectivity index (χ0) is 22.5. The summed E-state index contributed by atoms with van der Waals surface area (Å²) in [6, 6.07) is 15.8. The summed E-state index contributed by atoms with van der Waals surface area (Å²) in [5.41, 5.74) is 3.76. The molecule has 4 aromatic rings. The van der Waals surface area contributed by atoms with Crippen LogP contribution in [0.15, 0.2) is 70.6 Å². The van der Waals surface area contributed by atoms with Crippen molar-refractivity contribution in [3.8, 4) is 11.1 Å². The smallest absolute Gasteiger partial charge is 0.251 e. The third-order valence-corrected chi connectivity index (χ3v) is 7.38. The van der Waals surface area contributed by atoms with Crippen molar-refractivity contribution in [3.63, 3.8) is 0 Å². The van der Waals surface area contributed by atoms with Crippen LogP contribution in [0.3, 0.4) is 0 Å². The second-order valence-electron chi connectivity index (χ2n) is 8.02. The number of aromatic nitrogens is 2. The van der Waals surface area contributed by atoms with E-state index < -0.39 is 15.7 Å². The first-order chi connectivity index (χ1) is 15.3. The van der Waals surface area contributed by atoms with Crippen molar-refractivity contribution < 1.29 is 17.6 Å². The van der Waals surface area contributed by atoms with Crippen LogP contribution in [0.2, 0.25) is 0 Å². The molecule has 1 aliphatic carbocycles. The van der Waals surface area contributed by atoms with Crippen LogP contribution in [0.5, 0.6) is 0 Å². The number of sulfone groups is 1. The molecule has 6 nitrogen and oxygen atoms in total. The van der Waals surface area contributed by atoms with Gasteiger partial charge in [0.05, 0.1) is 10.4 Å². The summed E-state index contributed by atoms with van der Waals surface area (Å²) >= 11 is 0. The van der Waals surface area contributed by atoms with Gasteiger partial charge in [0.15, 0.2) is 5.03 Å². The highest BCUT2D eigenvalue weighted by molar-refractivity contribution is 7.91. The Morgan fingerprint density at radius 3 is 2.53 bits per heavy atom. The van der Waals surface area contributed by atoms with Crippen LogP contribution in [0, 0.1) is 12.7 Å². The minimum Gasteiger partial charge on any atom is -0.349 e. The molecular formula is C24H20FN3O3S. The van der Waals surface area contributed by atoms with Crippen LogP contribution in [0.1, 0.15) is 28.8 Å². The number of hydrogen-bond acceptors (Lipinski definition) is 4. The molecule has 1 aliphatic rings. The molecule has 0 spiro atoms. The molecule has 1 heterocycles. The second-order valence-corrected chi connectivity index (χ2v) is 9.91.